The predicted molar refractivity (Wildman–Crippen MR) is 63.8 cm³/mol. The molecule has 90 valence electrons. The molecule has 0 fully saturated rings. The first-order chi connectivity index (χ1) is 7.50. The van der Waals surface area contributed by atoms with Gasteiger partial charge in [0.2, 0.25) is 5.91 Å². The second-order valence-corrected chi connectivity index (χ2v) is 4.40. The van der Waals surface area contributed by atoms with Crippen molar-refractivity contribution in [3.05, 3.63) is 12.4 Å². The molecule has 3 N–H and O–H groups in total. The molecule has 0 aliphatic rings. The fourth-order valence-electron chi connectivity index (χ4n) is 1.32. The van der Waals surface area contributed by atoms with Gasteiger partial charge in [0.25, 0.3) is 0 Å². The van der Waals surface area contributed by atoms with Gasteiger partial charge in [0.1, 0.15) is 6.04 Å². The molecule has 0 saturated carbocycles. The molecular weight excluding hydrogens is 204 g/mol. The van der Waals surface area contributed by atoms with Crippen LogP contribution in [0.2, 0.25) is 0 Å². The molecule has 0 aliphatic heterocycles. The minimum atomic E-state index is -0.315. The Morgan fingerprint density at radius 1 is 1.56 bits per heavy atom. The molecule has 1 aromatic rings. The number of hydrogen-bond acceptors (Lipinski definition) is 3. The van der Waals surface area contributed by atoms with Crippen LogP contribution < -0.4 is 11.1 Å². The lowest BCUT2D eigenvalue weighted by Gasteiger charge is -2.13. The molecule has 0 spiro atoms. The minimum absolute atomic E-state index is 0.0243. The normalized spacial score (nSPS) is 12.8. The third kappa shape index (κ3) is 3.56. The Morgan fingerprint density at radius 3 is 2.75 bits per heavy atom. The average molecular weight is 224 g/mol. The summed E-state index contributed by atoms with van der Waals surface area (Å²) in [5.41, 5.74) is 6.11. The van der Waals surface area contributed by atoms with Crippen molar-refractivity contribution in [1.29, 1.82) is 0 Å². The number of aromatic nitrogens is 2. The van der Waals surface area contributed by atoms with Crippen molar-refractivity contribution in [2.24, 2.45) is 5.92 Å². The fraction of sp³-hybridized carbons (Fsp3) is 0.636. The number of nitrogens with two attached hydrogens (primary N) is 1. The van der Waals surface area contributed by atoms with Crippen molar-refractivity contribution in [3.63, 3.8) is 0 Å². The lowest BCUT2D eigenvalue weighted by atomic mass is 10.1. The summed E-state index contributed by atoms with van der Waals surface area (Å²) in [4.78, 5) is 11.7. The number of carbonyl (C=O) groups is 1. The number of nitrogens with zero attached hydrogens (tertiary/aromatic N) is 2. The maximum Gasteiger partial charge on any atom is 0.244 e. The van der Waals surface area contributed by atoms with E-state index in [0.29, 0.717) is 18.2 Å². The van der Waals surface area contributed by atoms with Crippen molar-refractivity contribution >= 4 is 11.6 Å². The van der Waals surface area contributed by atoms with Crippen molar-refractivity contribution in [3.8, 4) is 0 Å². The Balaban J connectivity index is 2.42. The van der Waals surface area contributed by atoms with E-state index in [-0.39, 0.29) is 11.9 Å². The zero-order valence-electron chi connectivity index (χ0n) is 10.1. The van der Waals surface area contributed by atoms with Crippen molar-refractivity contribution < 1.29 is 4.79 Å². The van der Waals surface area contributed by atoms with Crippen molar-refractivity contribution in [1.82, 2.24) is 15.1 Å². The van der Waals surface area contributed by atoms with Crippen LogP contribution in [0.25, 0.3) is 0 Å². The molecule has 0 aliphatic carbocycles. The fourth-order valence-corrected chi connectivity index (χ4v) is 1.32. The summed E-state index contributed by atoms with van der Waals surface area (Å²) in [6.07, 6.45) is 4.18. The zero-order chi connectivity index (χ0) is 12.1. The van der Waals surface area contributed by atoms with Crippen LogP contribution in [0.5, 0.6) is 0 Å². The van der Waals surface area contributed by atoms with Gasteiger partial charge in [-0.3, -0.25) is 9.48 Å². The summed E-state index contributed by atoms with van der Waals surface area (Å²) in [5, 5.41) is 6.89. The standard InChI is InChI=1S/C11H20N4O/c1-8(2)4-5-13-11(16)9(3)15-7-10(12)6-14-15/h6-9H,4-5,12H2,1-3H3,(H,13,16). The lowest BCUT2D eigenvalue weighted by Crippen LogP contribution is -2.32. The number of anilines is 1. The highest BCUT2D eigenvalue weighted by molar-refractivity contribution is 5.79. The molecule has 1 atom stereocenters. The number of amides is 1. The molecule has 1 amide bonds. The molecule has 0 bridgehead atoms. The van der Waals surface area contributed by atoms with Crippen LogP contribution in [0.3, 0.4) is 0 Å². The topological polar surface area (TPSA) is 72.9 Å². The van der Waals surface area contributed by atoms with Crippen LogP contribution in [-0.4, -0.2) is 22.2 Å². The van der Waals surface area contributed by atoms with Gasteiger partial charge in [0.15, 0.2) is 0 Å². The molecule has 0 aromatic carbocycles. The summed E-state index contributed by atoms with van der Waals surface area (Å²) in [6.45, 7) is 6.77. The van der Waals surface area contributed by atoms with Gasteiger partial charge in [-0.15, -0.1) is 0 Å². The third-order valence-corrected chi connectivity index (χ3v) is 2.42. The molecule has 1 unspecified atom stereocenters. The first kappa shape index (κ1) is 12.5. The lowest BCUT2D eigenvalue weighted by molar-refractivity contribution is -0.124. The van der Waals surface area contributed by atoms with Crippen LogP contribution in [0.1, 0.15) is 33.2 Å². The van der Waals surface area contributed by atoms with Crippen LogP contribution in [0, 0.1) is 5.92 Å². The Labute approximate surface area is 96.0 Å². The molecular formula is C11H20N4O. The number of nitrogen functional groups attached to an aromatic ring is 1. The van der Waals surface area contributed by atoms with E-state index in [1.54, 1.807) is 17.8 Å². The quantitative estimate of drug-likeness (QED) is 0.789. The monoisotopic (exact) mass is 224 g/mol. The molecule has 1 aromatic heterocycles. The second kappa shape index (κ2) is 5.53. The van der Waals surface area contributed by atoms with E-state index >= 15 is 0 Å². The number of rotatable bonds is 5. The highest BCUT2D eigenvalue weighted by Gasteiger charge is 2.14. The smallest absolute Gasteiger partial charge is 0.244 e. The van der Waals surface area contributed by atoms with Crippen LogP contribution in [0.15, 0.2) is 12.4 Å². The molecule has 16 heavy (non-hydrogen) atoms. The summed E-state index contributed by atoms with van der Waals surface area (Å²) in [5.74, 6) is 0.569. The Bertz CT molecular complexity index is 346. The largest absolute Gasteiger partial charge is 0.396 e. The SMILES string of the molecule is CC(C)CCNC(=O)C(C)n1cc(N)cn1. The highest BCUT2D eigenvalue weighted by atomic mass is 16.2. The van der Waals surface area contributed by atoms with Gasteiger partial charge in [-0.25, -0.2) is 0 Å². The van der Waals surface area contributed by atoms with Gasteiger partial charge in [0.05, 0.1) is 11.9 Å². The predicted octanol–water partition coefficient (Wildman–Crippen LogP) is 1.19. The van der Waals surface area contributed by atoms with Crippen LogP contribution in [-0.2, 0) is 4.79 Å². The maximum absolute atomic E-state index is 11.7. The second-order valence-electron chi connectivity index (χ2n) is 4.40. The molecule has 1 heterocycles. The zero-order valence-corrected chi connectivity index (χ0v) is 10.1. The van der Waals surface area contributed by atoms with Crippen molar-refractivity contribution in [2.75, 3.05) is 12.3 Å². The first-order valence-corrected chi connectivity index (χ1v) is 5.58. The van der Waals surface area contributed by atoms with Gasteiger partial charge < -0.3 is 11.1 Å². The van der Waals surface area contributed by atoms with Crippen LogP contribution >= 0.6 is 0 Å². The number of carbonyl (C=O) groups excluding carboxylic acids is 1. The van der Waals surface area contributed by atoms with E-state index in [9.17, 15) is 4.79 Å². The summed E-state index contributed by atoms with van der Waals surface area (Å²) < 4.78 is 1.57. The molecule has 0 saturated heterocycles. The van der Waals surface area contributed by atoms with E-state index in [1.807, 2.05) is 0 Å². The molecule has 5 heteroatoms. The van der Waals surface area contributed by atoms with Crippen LogP contribution in [0.4, 0.5) is 5.69 Å². The average Bonchev–Trinajstić information content (AvgIpc) is 2.63. The summed E-state index contributed by atoms with van der Waals surface area (Å²) in [6, 6.07) is -0.315. The number of nitrogens with one attached hydrogen (secondary N) is 1. The summed E-state index contributed by atoms with van der Waals surface area (Å²) >= 11 is 0. The van der Waals surface area contributed by atoms with E-state index < -0.39 is 0 Å². The Kier molecular flexibility index (Phi) is 4.34. The number of hydrogen-bond donors (Lipinski definition) is 2. The third-order valence-electron chi connectivity index (χ3n) is 2.42. The van der Waals surface area contributed by atoms with E-state index in [1.165, 1.54) is 6.20 Å². The van der Waals surface area contributed by atoms with E-state index in [2.05, 4.69) is 24.3 Å². The van der Waals surface area contributed by atoms with Gasteiger partial charge in [-0.05, 0) is 19.3 Å². The summed E-state index contributed by atoms with van der Waals surface area (Å²) in [7, 11) is 0. The molecule has 0 radical (unpaired) electrons. The van der Waals surface area contributed by atoms with Gasteiger partial charge in [0, 0.05) is 12.7 Å². The first-order valence-electron chi connectivity index (χ1n) is 5.58. The Hall–Kier alpha value is -1.52. The maximum atomic E-state index is 11.7. The van der Waals surface area contributed by atoms with E-state index in [4.69, 9.17) is 5.73 Å². The van der Waals surface area contributed by atoms with Crippen molar-refractivity contribution in [2.45, 2.75) is 33.2 Å². The van der Waals surface area contributed by atoms with E-state index in [0.717, 1.165) is 6.42 Å². The van der Waals surface area contributed by atoms with Gasteiger partial charge in [-0.2, -0.15) is 5.10 Å². The molecule has 1 rings (SSSR count). The molecule has 5 nitrogen and oxygen atoms in total. The van der Waals surface area contributed by atoms with Gasteiger partial charge in [-0.1, -0.05) is 13.8 Å². The minimum Gasteiger partial charge on any atom is -0.396 e. The van der Waals surface area contributed by atoms with Gasteiger partial charge >= 0.3 is 0 Å². The highest BCUT2D eigenvalue weighted by Crippen LogP contribution is 2.07. The Morgan fingerprint density at radius 2 is 2.25 bits per heavy atom.